The number of hydrogen-bond donors (Lipinski definition) is 3. The monoisotopic (exact) mass is 366 g/mol. The Bertz CT molecular complexity index is 893. The number of carbonyl (C=O) groups excluding carboxylic acids is 1. The molecule has 0 saturated heterocycles. The number of anilines is 4. The van der Waals surface area contributed by atoms with E-state index in [1.165, 1.54) is 6.08 Å². The van der Waals surface area contributed by atoms with Crippen LogP contribution in [-0.2, 0) is 4.79 Å². The van der Waals surface area contributed by atoms with E-state index in [1.807, 2.05) is 30.5 Å². The quantitative estimate of drug-likeness (QED) is 0.514. The van der Waals surface area contributed by atoms with E-state index in [4.69, 9.17) is 0 Å². The van der Waals surface area contributed by atoms with Gasteiger partial charge < -0.3 is 16.0 Å². The number of nitrogens with zero attached hydrogens (tertiary/aromatic N) is 3. The molecule has 1 aromatic heterocycles. The van der Waals surface area contributed by atoms with E-state index in [-0.39, 0.29) is 5.91 Å². The molecule has 0 fully saturated rings. The highest BCUT2D eigenvalue weighted by molar-refractivity contribution is 7.98. The van der Waals surface area contributed by atoms with Crippen molar-refractivity contribution in [2.75, 3.05) is 28.8 Å². The van der Waals surface area contributed by atoms with Crippen LogP contribution in [0, 0.1) is 0 Å². The standard InChI is InChI=1S/C18H18N6OS/c1-3-16(25)21-12-5-4-6-13(9-12)22-17-15(26-2)11-20-18(24-17)23-14-7-8-19-10-14/h3-7,9-11H,1,8H2,2H3,(H,21,25)(H2,20,22,23,24). The Morgan fingerprint density at radius 1 is 1.31 bits per heavy atom. The summed E-state index contributed by atoms with van der Waals surface area (Å²) in [6.45, 7) is 4.12. The highest BCUT2D eigenvalue weighted by Crippen LogP contribution is 2.28. The Morgan fingerprint density at radius 3 is 2.88 bits per heavy atom. The molecule has 0 saturated carbocycles. The van der Waals surface area contributed by atoms with Crippen molar-refractivity contribution in [1.82, 2.24) is 9.97 Å². The van der Waals surface area contributed by atoms with Crippen molar-refractivity contribution in [2.45, 2.75) is 4.90 Å². The second kappa shape index (κ2) is 8.30. The van der Waals surface area contributed by atoms with Crippen LogP contribution in [0.25, 0.3) is 0 Å². The van der Waals surface area contributed by atoms with Gasteiger partial charge in [0.15, 0.2) is 0 Å². The van der Waals surface area contributed by atoms with Gasteiger partial charge in [-0.15, -0.1) is 11.8 Å². The third-order valence-corrected chi connectivity index (χ3v) is 4.20. The predicted octanol–water partition coefficient (Wildman–Crippen LogP) is 3.45. The van der Waals surface area contributed by atoms with E-state index in [1.54, 1.807) is 30.2 Å². The van der Waals surface area contributed by atoms with Crippen LogP contribution < -0.4 is 16.0 Å². The van der Waals surface area contributed by atoms with Crippen molar-refractivity contribution in [3.05, 3.63) is 54.9 Å². The van der Waals surface area contributed by atoms with Gasteiger partial charge in [0.2, 0.25) is 11.9 Å². The minimum Gasteiger partial charge on any atom is -0.339 e. The first-order valence-electron chi connectivity index (χ1n) is 7.86. The molecule has 3 N–H and O–H groups in total. The molecular weight excluding hydrogens is 348 g/mol. The van der Waals surface area contributed by atoms with E-state index in [9.17, 15) is 4.79 Å². The molecule has 3 rings (SSSR count). The lowest BCUT2D eigenvalue weighted by molar-refractivity contribution is -0.111. The number of benzene rings is 1. The molecule has 1 amide bonds. The van der Waals surface area contributed by atoms with Gasteiger partial charge in [-0.25, -0.2) is 4.98 Å². The molecule has 1 aliphatic heterocycles. The van der Waals surface area contributed by atoms with Gasteiger partial charge in [0.1, 0.15) is 5.82 Å². The van der Waals surface area contributed by atoms with Gasteiger partial charge in [-0.3, -0.25) is 9.79 Å². The van der Waals surface area contributed by atoms with Gasteiger partial charge in [-0.05, 0) is 36.6 Å². The lowest BCUT2D eigenvalue weighted by atomic mass is 10.2. The van der Waals surface area contributed by atoms with Crippen molar-refractivity contribution in [3.8, 4) is 0 Å². The van der Waals surface area contributed by atoms with Crippen LogP contribution >= 0.6 is 11.8 Å². The zero-order chi connectivity index (χ0) is 18.4. The number of rotatable bonds is 7. The van der Waals surface area contributed by atoms with Crippen LogP contribution in [-0.4, -0.2) is 34.9 Å². The molecule has 0 bridgehead atoms. The summed E-state index contributed by atoms with van der Waals surface area (Å²) >= 11 is 1.55. The van der Waals surface area contributed by atoms with Crippen molar-refractivity contribution in [2.24, 2.45) is 4.99 Å². The Balaban J connectivity index is 1.81. The van der Waals surface area contributed by atoms with E-state index in [2.05, 4.69) is 37.5 Å². The van der Waals surface area contributed by atoms with Crippen LogP contribution in [0.2, 0.25) is 0 Å². The Hall–Kier alpha value is -3.13. The number of carbonyl (C=O) groups is 1. The summed E-state index contributed by atoms with van der Waals surface area (Å²) in [6, 6.07) is 7.38. The Labute approximate surface area is 155 Å². The lowest BCUT2D eigenvalue weighted by Gasteiger charge is -2.12. The maximum atomic E-state index is 11.5. The SMILES string of the molecule is C=CC(=O)Nc1cccc(Nc2nc(NC3=CCN=C3)ncc2SC)c1. The average molecular weight is 366 g/mol. The molecule has 0 atom stereocenters. The largest absolute Gasteiger partial charge is 0.339 e. The summed E-state index contributed by atoms with van der Waals surface area (Å²) in [5, 5.41) is 9.15. The average Bonchev–Trinajstić information content (AvgIpc) is 3.15. The third kappa shape index (κ3) is 4.48. The fourth-order valence-corrected chi connectivity index (χ4v) is 2.69. The maximum Gasteiger partial charge on any atom is 0.247 e. The number of nitrogens with one attached hydrogen (secondary N) is 3. The third-order valence-electron chi connectivity index (χ3n) is 3.46. The molecule has 2 aromatic rings. The van der Waals surface area contributed by atoms with Crippen molar-refractivity contribution >= 4 is 47.0 Å². The smallest absolute Gasteiger partial charge is 0.247 e. The van der Waals surface area contributed by atoms with E-state index in [0.717, 1.165) is 16.3 Å². The maximum absolute atomic E-state index is 11.5. The number of amides is 1. The molecule has 1 aliphatic rings. The minimum atomic E-state index is -0.257. The molecular formula is C18H18N6OS. The highest BCUT2D eigenvalue weighted by atomic mass is 32.2. The zero-order valence-electron chi connectivity index (χ0n) is 14.2. The van der Waals surface area contributed by atoms with Crippen LogP contribution in [0.1, 0.15) is 0 Å². The number of allylic oxidation sites excluding steroid dienone is 1. The van der Waals surface area contributed by atoms with Gasteiger partial charge >= 0.3 is 0 Å². The second-order valence-electron chi connectivity index (χ2n) is 5.29. The summed E-state index contributed by atoms with van der Waals surface area (Å²) in [6.07, 6.45) is 8.67. The van der Waals surface area contributed by atoms with E-state index >= 15 is 0 Å². The molecule has 0 unspecified atom stereocenters. The van der Waals surface area contributed by atoms with Gasteiger partial charge in [-0.1, -0.05) is 12.6 Å². The van der Waals surface area contributed by atoms with E-state index < -0.39 is 0 Å². The van der Waals surface area contributed by atoms with Crippen LogP contribution in [0.3, 0.4) is 0 Å². The number of aromatic nitrogens is 2. The molecule has 0 spiro atoms. The minimum absolute atomic E-state index is 0.257. The molecule has 1 aromatic carbocycles. The fourth-order valence-electron chi connectivity index (χ4n) is 2.24. The number of aliphatic imine (C=N–C) groups is 1. The normalized spacial score (nSPS) is 12.4. The molecule has 7 nitrogen and oxygen atoms in total. The van der Waals surface area contributed by atoms with Crippen molar-refractivity contribution < 1.29 is 4.79 Å². The molecule has 0 radical (unpaired) electrons. The van der Waals surface area contributed by atoms with Gasteiger partial charge in [0, 0.05) is 23.8 Å². The fraction of sp³-hybridized carbons (Fsp3) is 0.111. The molecule has 2 heterocycles. The molecule has 8 heteroatoms. The Morgan fingerprint density at radius 2 is 2.15 bits per heavy atom. The van der Waals surface area contributed by atoms with E-state index in [0.29, 0.717) is 24.0 Å². The van der Waals surface area contributed by atoms with Crippen molar-refractivity contribution in [1.29, 1.82) is 0 Å². The molecule has 0 aliphatic carbocycles. The lowest BCUT2D eigenvalue weighted by Crippen LogP contribution is -2.08. The molecule has 26 heavy (non-hydrogen) atoms. The van der Waals surface area contributed by atoms with Crippen molar-refractivity contribution in [3.63, 3.8) is 0 Å². The summed E-state index contributed by atoms with van der Waals surface area (Å²) < 4.78 is 0. The first-order chi connectivity index (χ1) is 12.7. The van der Waals surface area contributed by atoms with Gasteiger partial charge in [0.05, 0.1) is 17.1 Å². The number of thioether (sulfide) groups is 1. The van der Waals surface area contributed by atoms with Gasteiger partial charge in [-0.2, -0.15) is 4.98 Å². The summed E-state index contributed by atoms with van der Waals surface area (Å²) in [5.74, 6) is 0.908. The topological polar surface area (TPSA) is 91.3 Å². The van der Waals surface area contributed by atoms with Crippen LogP contribution in [0.15, 0.2) is 64.8 Å². The first kappa shape index (κ1) is 17.7. The number of hydrogen-bond acceptors (Lipinski definition) is 7. The molecule has 132 valence electrons. The van der Waals surface area contributed by atoms with Crippen LogP contribution in [0.4, 0.5) is 23.1 Å². The summed E-state index contributed by atoms with van der Waals surface area (Å²) in [5.41, 5.74) is 2.35. The highest BCUT2D eigenvalue weighted by Gasteiger charge is 2.09. The Kier molecular flexibility index (Phi) is 5.65. The predicted molar refractivity (Wildman–Crippen MR) is 107 cm³/mol. The van der Waals surface area contributed by atoms with Crippen LogP contribution in [0.5, 0.6) is 0 Å². The summed E-state index contributed by atoms with van der Waals surface area (Å²) in [4.78, 5) is 25.4. The zero-order valence-corrected chi connectivity index (χ0v) is 15.0. The second-order valence-corrected chi connectivity index (χ2v) is 6.14. The first-order valence-corrected chi connectivity index (χ1v) is 9.09. The van der Waals surface area contributed by atoms with Gasteiger partial charge in [0.25, 0.3) is 0 Å². The summed E-state index contributed by atoms with van der Waals surface area (Å²) in [7, 11) is 0.